The van der Waals surface area contributed by atoms with Crippen molar-refractivity contribution in [2.45, 2.75) is 45.1 Å². The summed E-state index contributed by atoms with van der Waals surface area (Å²) in [6.45, 7) is 1.88. The van der Waals surface area contributed by atoms with Gasteiger partial charge in [-0.2, -0.15) is 0 Å². The van der Waals surface area contributed by atoms with Crippen molar-refractivity contribution in [2.24, 2.45) is 11.7 Å². The first-order chi connectivity index (χ1) is 7.04. The molecule has 1 aliphatic rings. The molecule has 0 aromatic heterocycles. The Kier molecular flexibility index (Phi) is 4.51. The maximum absolute atomic E-state index is 12.1. The van der Waals surface area contributed by atoms with Gasteiger partial charge < -0.3 is 10.6 Å². The number of amides is 1. The maximum Gasteiger partial charge on any atom is 0.226 e. The van der Waals surface area contributed by atoms with Gasteiger partial charge in [-0.15, -0.1) is 0 Å². The zero-order valence-electron chi connectivity index (χ0n) is 9.53. The monoisotopic (exact) mass is 228 g/mol. The molecular weight excluding hydrogens is 208 g/mol. The molecule has 1 saturated carbocycles. The van der Waals surface area contributed by atoms with Crippen LogP contribution in [0.15, 0.2) is 0 Å². The average Bonchev–Trinajstić information content (AvgIpc) is 2.27. The van der Waals surface area contributed by atoms with Crippen molar-refractivity contribution in [3.05, 3.63) is 0 Å². The van der Waals surface area contributed by atoms with Crippen molar-refractivity contribution in [1.82, 2.24) is 4.90 Å². The first kappa shape index (κ1) is 12.4. The summed E-state index contributed by atoms with van der Waals surface area (Å²) in [5.74, 6) is 0.399. The summed E-state index contributed by atoms with van der Waals surface area (Å²) in [6, 6.07) is -0.130. The minimum Gasteiger partial charge on any atom is -0.392 e. The van der Waals surface area contributed by atoms with Crippen LogP contribution in [0.5, 0.6) is 0 Å². The van der Waals surface area contributed by atoms with Crippen LogP contribution in [0.3, 0.4) is 0 Å². The minimum atomic E-state index is -0.130. The van der Waals surface area contributed by atoms with E-state index in [0.29, 0.717) is 4.99 Å². The van der Waals surface area contributed by atoms with Gasteiger partial charge in [0.25, 0.3) is 0 Å². The standard InChI is InChI=1S/C11H20N2OS/c1-8(10(12)15)13(2)11(14)9-6-4-3-5-7-9/h8-9H,3-7H2,1-2H3,(H2,12,15). The summed E-state index contributed by atoms with van der Waals surface area (Å²) in [4.78, 5) is 14.1. The van der Waals surface area contributed by atoms with E-state index in [-0.39, 0.29) is 17.9 Å². The van der Waals surface area contributed by atoms with Gasteiger partial charge in [-0.1, -0.05) is 31.5 Å². The Bertz CT molecular complexity index is 249. The number of hydrogen-bond acceptors (Lipinski definition) is 2. The van der Waals surface area contributed by atoms with E-state index in [1.54, 1.807) is 11.9 Å². The number of hydrogen-bond donors (Lipinski definition) is 1. The lowest BCUT2D eigenvalue weighted by Crippen LogP contribution is -2.45. The zero-order valence-corrected chi connectivity index (χ0v) is 10.3. The highest BCUT2D eigenvalue weighted by atomic mass is 32.1. The number of thiocarbonyl (C=S) groups is 1. The molecule has 0 heterocycles. The molecule has 1 fully saturated rings. The van der Waals surface area contributed by atoms with Crippen LogP contribution in [0.25, 0.3) is 0 Å². The second kappa shape index (κ2) is 5.45. The Morgan fingerprint density at radius 3 is 2.40 bits per heavy atom. The molecule has 15 heavy (non-hydrogen) atoms. The van der Waals surface area contributed by atoms with Gasteiger partial charge in [-0.25, -0.2) is 0 Å². The second-order valence-electron chi connectivity index (χ2n) is 4.36. The zero-order chi connectivity index (χ0) is 11.4. The van der Waals surface area contributed by atoms with Crippen molar-refractivity contribution in [3.63, 3.8) is 0 Å². The van der Waals surface area contributed by atoms with Crippen molar-refractivity contribution >= 4 is 23.1 Å². The van der Waals surface area contributed by atoms with Gasteiger partial charge in [-0.3, -0.25) is 4.79 Å². The van der Waals surface area contributed by atoms with Gasteiger partial charge in [0.15, 0.2) is 0 Å². The van der Waals surface area contributed by atoms with Gasteiger partial charge >= 0.3 is 0 Å². The highest BCUT2D eigenvalue weighted by molar-refractivity contribution is 7.80. The van der Waals surface area contributed by atoms with Crippen LogP contribution in [-0.4, -0.2) is 28.9 Å². The Morgan fingerprint density at radius 2 is 1.93 bits per heavy atom. The number of nitrogens with two attached hydrogens (primary N) is 1. The summed E-state index contributed by atoms with van der Waals surface area (Å²) in [5.41, 5.74) is 5.54. The lowest BCUT2D eigenvalue weighted by atomic mass is 9.88. The predicted octanol–water partition coefficient (Wildman–Crippen LogP) is 1.70. The van der Waals surface area contributed by atoms with Gasteiger partial charge in [0.2, 0.25) is 5.91 Å². The number of likely N-dealkylation sites (N-methyl/N-ethyl adjacent to an activating group) is 1. The SMILES string of the molecule is CC(C(N)=S)N(C)C(=O)C1CCCCC1. The number of nitrogens with zero attached hydrogens (tertiary/aromatic N) is 1. The molecule has 0 saturated heterocycles. The molecule has 0 aromatic carbocycles. The number of carbonyl (C=O) groups excluding carboxylic acids is 1. The van der Waals surface area contributed by atoms with Gasteiger partial charge in [0, 0.05) is 13.0 Å². The normalized spacial score (nSPS) is 19.6. The molecule has 0 bridgehead atoms. The van der Waals surface area contributed by atoms with E-state index in [0.717, 1.165) is 12.8 Å². The average molecular weight is 228 g/mol. The molecule has 1 amide bonds. The van der Waals surface area contributed by atoms with Crippen LogP contribution in [0.4, 0.5) is 0 Å². The highest BCUT2D eigenvalue weighted by Gasteiger charge is 2.27. The van der Waals surface area contributed by atoms with Crippen LogP contribution < -0.4 is 5.73 Å². The van der Waals surface area contributed by atoms with E-state index in [1.807, 2.05) is 6.92 Å². The Hall–Kier alpha value is -0.640. The first-order valence-corrected chi connectivity index (χ1v) is 6.01. The first-order valence-electron chi connectivity index (χ1n) is 5.60. The fourth-order valence-electron chi connectivity index (χ4n) is 2.02. The third-order valence-corrected chi connectivity index (χ3v) is 3.64. The lowest BCUT2D eigenvalue weighted by molar-refractivity contribution is -0.135. The second-order valence-corrected chi connectivity index (χ2v) is 4.83. The Labute approximate surface area is 97.0 Å². The molecule has 0 radical (unpaired) electrons. The quantitative estimate of drug-likeness (QED) is 0.748. The van der Waals surface area contributed by atoms with Crippen LogP contribution in [0, 0.1) is 5.92 Å². The van der Waals surface area contributed by atoms with E-state index >= 15 is 0 Å². The molecule has 1 unspecified atom stereocenters. The van der Waals surface area contributed by atoms with Gasteiger partial charge in [-0.05, 0) is 19.8 Å². The molecule has 1 atom stereocenters. The Balaban J connectivity index is 2.54. The third kappa shape index (κ3) is 3.16. The van der Waals surface area contributed by atoms with E-state index < -0.39 is 0 Å². The summed E-state index contributed by atoms with van der Waals surface area (Å²) in [5, 5.41) is 0. The van der Waals surface area contributed by atoms with Crippen LogP contribution >= 0.6 is 12.2 Å². The fraction of sp³-hybridized carbons (Fsp3) is 0.818. The van der Waals surface area contributed by atoms with Crippen molar-refractivity contribution in [3.8, 4) is 0 Å². The fourth-order valence-corrected chi connectivity index (χ4v) is 2.18. The van der Waals surface area contributed by atoms with Crippen LogP contribution in [0.1, 0.15) is 39.0 Å². The van der Waals surface area contributed by atoms with Crippen LogP contribution in [-0.2, 0) is 4.79 Å². The maximum atomic E-state index is 12.1. The van der Waals surface area contributed by atoms with Gasteiger partial charge in [0.05, 0.1) is 11.0 Å². The van der Waals surface area contributed by atoms with E-state index in [4.69, 9.17) is 18.0 Å². The predicted molar refractivity (Wildman–Crippen MR) is 65.6 cm³/mol. The van der Waals surface area contributed by atoms with Crippen LogP contribution in [0.2, 0.25) is 0 Å². The topological polar surface area (TPSA) is 46.3 Å². The molecule has 0 spiro atoms. The van der Waals surface area contributed by atoms with E-state index in [1.165, 1.54) is 19.3 Å². The van der Waals surface area contributed by atoms with Gasteiger partial charge in [0.1, 0.15) is 0 Å². The third-order valence-electron chi connectivity index (χ3n) is 3.29. The van der Waals surface area contributed by atoms with E-state index in [9.17, 15) is 4.79 Å². The molecule has 3 nitrogen and oxygen atoms in total. The Morgan fingerprint density at radius 1 is 1.40 bits per heavy atom. The molecule has 0 aliphatic heterocycles. The lowest BCUT2D eigenvalue weighted by Gasteiger charge is -2.30. The summed E-state index contributed by atoms with van der Waals surface area (Å²) >= 11 is 4.90. The van der Waals surface area contributed by atoms with E-state index in [2.05, 4.69) is 0 Å². The molecule has 2 N–H and O–H groups in total. The summed E-state index contributed by atoms with van der Waals surface area (Å²) < 4.78 is 0. The van der Waals surface area contributed by atoms with Crippen molar-refractivity contribution in [2.75, 3.05) is 7.05 Å². The minimum absolute atomic E-state index is 0.130. The summed E-state index contributed by atoms with van der Waals surface area (Å²) in [6.07, 6.45) is 5.65. The molecule has 0 aromatic rings. The number of carbonyl (C=O) groups is 1. The molecule has 4 heteroatoms. The molecule has 1 aliphatic carbocycles. The summed E-state index contributed by atoms with van der Waals surface area (Å²) in [7, 11) is 1.79. The molecule has 1 rings (SSSR count). The highest BCUT2D eigenvalue weighted by Crippen LogP contribution is 2.25. The molecular formula is C11H20N2OS. The largest absolute Gasteiger partial charge is 0.392 e. The molecule has 86 valence electrons. The van der Waals surface area contributed by atoms with Crippen molar-refractivity contribution < 1.29 is 4.79 Å². The number of rotatable bonds is 3. The van der Waals surface area contributed by atoms with Crippen molar-refractivity contribution in [1.29, 1.82) is 0 Å². The smallest absolute Gasteiger partial charge is 0.226 e.